The SMILES string of the molecule is CC(C)(C)OC(=O)N1[C@H]2CCC[C@H]1CN(Cc1ccc(CO)o1)C2. The quantitative estimate of drug-likeness (QED) is 0.919. The molecule has 1 amide bonds. The van der Waals surface area contributed by atoms with E-state index in [9.17, 15) is 4.79 Å². The zero-order valence-corrected chi connectivity index (χ0v) is 14.8. The van der Waals surface area contributed by atoms with Gasteiger partial charge in [-0.05, 0) is 52.2 Å². The minimum Gasteiger partial charge on any atom is -0.462 e. The summed E-state index contributed by atoms with van der Waals surface area (Å²) in [6.07, 6.45) is 3.02. The van der Waals surface area contributed by atoms with Gasteiger partial charge in [0, 0.05) is 25.2 Å². The molecule has 1 aromatic heterocycles. The van der Waals surface area contributed by atoms with Gasteiger partial charge in [0.25, 0.3) is 0 Å². The van der Waals surface area contributed by atoms with Gasteiger partial charge in [-0.15, -0.1) is 0 Å². The van der Waals surface area contributed by atoms with E-state index in [1.807, 2.05) is 37.8 Å². The highest BCUT2D eigenvalue weighted by Crippen LogP contribution is 2.31. The van der Waals surface area contributed by atoms with Crippen LogP contribution in [0.3, 0.4) is 0 Å². The summed E-state index contributed by atoms with van der Waals surface area (Å²) in [4.78, 5) is 16.9. The normalized spacial score (nSPS) is 24.9. The second-order valence-corrected chi connectivity index (χ2v) is 7.85. The van der Waals surface area contributed by atoms with Crippen LogP contribution in [-0.2, 0) is 17.9 Å². The lowest BCUT2D eigenvalue weighted by molar-refractivity contribution is -0.0400. The number of carbonyl (C=O) groups excluding carboxylic acids is 1. The van der Waals surface area contributed by atoms with Crippen LogP contribution in [0.1, 0.15) is 51.6 Å². The summed E-state index contributed by atoms with van der Waals surface area (Å²) in [6.45, 7) is 8.05. The Hall–Kier alpha value is -1.53. The van der Waals surface area contributed by atoms with Gasteiger partial charge in [0.05, 0.1) is 6.54 Å². The molecule has 0 unspecified atom stereocenters. The molecule has 3 heterocycles. The van der Waals surface area contributed by atoms with Crippen molar-refractivity contribution in [2.45, 2.75) is 70.9 Å². The molecule has 134 valence electrons. The molecule has 24 heavy (non-hydrogen) atoms. The highest BCUT2D eigenvalue weighted by atomic mass is 16.6. The van der Waals surface area contributed by atoms with Crippen LogP contribution in [0.2, 0.25) is 0 Å². The number of carbonyl (C=O) groups is 1. The maximum absolute atomic E-state index is 12.6. The fourth-order valence-corrected chi connectivity index (χ4v) is 3.75. The number of hydrogen-bond acceptors (Lipinski definition) is 5. The number of furan rings is 1. The van der Waals surface area contributed by atoms with Crippen LogP contribution in [0.4, 0.5) is 4.79 Å². The number of hydrogen-bond donors (Lipinski definition) is 1. The maximum atomic E-state index is 12.6. The molecule has 2 saturated heterocycles. The van der Waals surface area contributed by atoms with E-state index in [4.69, 9.17) is 14.3 Å². The molecule has 1 N–H and O–H groups in total. The second kappa shape index (κ2) is 6.76. The summed E-state index contributed by atoms with van der Waals surface area (Å²) < 4.78 is 11.2. The van der Waals surface area contributed by atoms with Crippen LogP contribution >= 0.6 is 0 Å². The van der Waals surface area contributed by atoms with Crippen LogP contribution in [0.15, 0.2) is 16.5 Å². The van der Waals surface area contributed by atoms with Gasteiger partial charge >= 0.3 is 6.09 Å². The van der Waals surface area contributed by atoms with E-state index < -0.39 is 5.60 Å². The van der Waals surface area contributed by atoms with Gasteiger partial charge in [0.1, 0.15) is 23.7 Å². The maximum Gasteiger partial charge on any atom is 0.410 e. The van der Waals surface area contributed by atoms with Crippen LogP contribution in [0.5, 0.6) is 0 Å². The van der Waals surface area contributed by atoms with Gasteiger partial charge in [-0.1, -0.05) is 0 Å². The molecule has 6 heteroatoms. The van der Waals surface area contributed by atoms with E-state index in [0.29, 0.717) is 5.76 Å². The van der Waals surface area contributed by atoms with Crippen molar-refractivity contribution >= 4 is 6.09 Å². The molecule has 6 nitrogen and oxygen atoms in total. The molecule has 3 rings (SSSR count). The number of piperidine rings is 1. The molecule has 0 spiro atoms. The minimum atomic E-state index is -0.461. The van der Waals surface area contributed by atoms with Crippen LogP contribution in [-0.4, -0.2) is 51.8 Å². The zero-order chi connectivity index (χ0) is 17.3. The first-order valence-corrected chi connectivity index (χ1v) is 8.78. The molecular formula is C18H28N2O4. The van der Waals surface area contributed by atoms with Crippen molar-refractivity contribution in [3.8, 4) is 0 Å². The lowest BCUT2D eigenvalue weighted by Crippen LogP contribution is -2.62. The lowest BCUT2D eigenvalue weighted by atomic mass is 9.91. The van der Waals surface area contributed by atoms with Gasteiger partial charge in [-0.3, -0.25) is 9.80 Å². The lowest BCUT2D eigenvalue weighted by Gasteiger charge is -2.49. The Bertz CT molecular complexity index is 564. The van der Waals surface area contributed by atoms with Crippen molar-refractivity contribution in [3.63, 3.8) is 0 Å². The van der Waals surface area contributed by atoms with E-state index in [0.717, 1.165) is 44.7 Å². The van der Waals surface area contributed by atoms with Crippen LogP contribution < -0.4 is 0 Å². The van der Waals surface area contributed by atoms with E-state index in [1.54, 1.807) is 0 Å². The highest BCUT2D eigenvalue weighted by Gasteiger charge is 2.41. The number of rotatable bonds is 3. The van der Waals surface area contributed by atoms with Gasteiger partial charge in [-0.25, -0.2) is 4.79 Å². The first kappa shape index (κ1) is 17.3. The molecule has 2 bridgehead atoms. The monoisotopic (exact) mass is 336 g/mol. The number of ether oxygens (including phenoxy) is 1. The predicted octanol–water partition coefficient (Wildman–Crippen LogP) is 2.75. The number of likely N-dealkylation sites (tertiary alicyclic amines) is 1. The van der Waals surface area contributed by atoms with Crippen molar-refractivity contribution in [1.82, 2.24) is 9.80 Å². The topological polar surface area (TPSA) is 66.2 Å². The second-order valence-electron chi connectivity index (χ2n) is 7.85. The minimum absolute atomic E-state index is 0.0718. The number of nitrogens with zero attached hydrogens (tertiary/aromatic N) is 2. The summed E-state index contributed by atoms with van der Waals surface area (Å²) in [6, 6.07) is 4.15. The van der Waals surface area contributed by atoms with Crippen molar-refractivity contribution < 1.29 is 19.1 Å². The van der Waals surface area contributed by atoms with Gasteiger partial charge in [0.15, 0.2) is 0 Å². The Morgan fingerprint density at radius 1 is 1.25 bits per heavy atom. The first-order chi connectivity index (χ1) is 11.4. The largest absolute Gasteiger partial charge is 0.462 e. The number of aliphatic hydroxyl groups is 1. The zero-order valence-electron chi connectivity index (χ0n) is 14.8. The van der Waals surface area contributed by atoms with E-state index in [2.05, 4.69) is 4.90 Å². The third kappa shape index (κ3) is 3.92. The highest BCUT2D eigenvalue weighted by molar-refractivity contribution is 5.69. The summed E-state index contributed by atoms with van der Waals surface area (Å²) in [7, 11) is 0. The van der Waals surface area contributed by atoms with E-state index in [-0.39, 0.29) is 24.8 Å². The number of piperazine rings is 1. The number of fused-ring (bicyclic) bond motifs is 2. The van der Waals surface area contributed by atoms with Crippen molar-refractivity contribution in [1.29, 1.82) is 0 Å². The predicted molar refractivity (Wildman–Crippen MR) is 89.4 cm³/mol. The molecule has 1 aromatic rings. The average Bonchev–Trinajstić information content (AvgIpc) is 2.92. The summed E-state index contributed by atoms with van der Waals surface area (Å²) >= 11 is 0. The van der Waals surface area contributed by atoms with E-state index in [1.165, 1.54) is 0 Å². The molecule has 2 aliphatic heterocycles. The Balaban J connectivity index is 1.65. The molecule has 2 fully saturated rings. The summed E-state index contributed by atoms with van der Waals surface area (Å²) in [5.74, 6) is 1.46. The molecule has 0 saturated carbocycles. The van der Waals surface area contributed by atoms with Crippen molar-refractivity contribution in [2.24, 2.45) is 0 Å². The van der Waals surface area contributed by atoms with Crippen molar-refractivity contribution in [2.75, 3.05) is 13.1 Å². The number of amides is 1. The van der Waals surface area contributed by atoms with E-state index >= 15 is 0 Å². The van der Waals surface area contributed by atoms with Gasteiger partial charge in [0.2, 0.25) is 0 Å². The Labute approximate surface area is 143 Å². The molecule has 0 aliphatic carbocycles. The summed E-state index contributed by atoms with van der Waals surface area (Å²) in [5.41, 5.74) is -0.461. The molecule has 0 radical (unpaired) electrons. The Morgan fingerprint density at radius 2 is 1.88 bits per heavy atom. The van der Waals surface area contributed by atoms with Gasteiger partial charge in [-0.2, -0.15) is 0 Å². The van der Waals surface area contributed by atoms with Crippen LogP contribution in [0, 0.1) is 0 Å². The third-order valence-corrected chi connectivity index (χ3v) is 4.66. The molecule has 2 aliphatic rings. The fourth-order valence-electron chi connectivity index (χ4n) is 3.75. The fraction of sp³-hybridized carbons (Fsp3) is 0.722. The van der Waals surface area contributed by atoms with Gasteiger partial charge < -0.3 is 14.3 Å². The molecule has 0 aromatic carbocycles. The smallest absolute Gasteiger partial charge is 0.410 e. The first-order valence-electron chi connectivity index (χ1n) is 8.78. The summed E-state index contributed by atoms with van der Waals surface area (Å²) in [5, 5.41) is 9.11. The Kier molecular flexibility index (Phi) is 4.88. The van der Waals surface area contributed by atoms with Crippen molar-refractivity contribution in [3.05, 3.63) is 23.7 Å². The average molecular weight is 336 g/mol. The standard InChI is InChI=1S/C18H28N2O4/c1-18(2,3)24-17(22)20-13-5-4-6-14(20)10-19(9-13)11-15-7-8-16(12-21)23-15/h7-8,13-14,21H,4-6,9-12H2,1-3H3/t13-,14-/m0/s1. The Morgan fingerprint density at radius 3 is 2.42 bits per heavy atom. The molecular weight excluding hydrogens is 308 g/mol. The molecule has 2 atom stereocenters. The van der Waals surface area contributed by atoms with Crippen LogP contribution in [0.25, 0.3) is 0 Å². The number of aliphatic hydroxyl groups excluding tert-OH is 1. The third-order valence-electron chi connectivity index (χ3n) is 4.66.